The average molecular weight is 405 g/mol. The minimum atomic E-state index is -0.383. The van der Waals surface area contributed by atoms with Crippen molar-refractivity contribution in [1.82, 2.24) is 0 Å². The highest BCUT2D eigenvalue weighted by Gasteiger charge is 2.63. The second-order valence-electron chi connectivity index (χ2n) is 9.44. The van der Waals surface area contributed by atoms with Gasteiger partial charge in [-0.05, 0) is 53.9 Å². The van der Waals surface area contributed by atoms with E-state index in [1.54, 1.807) is 12.1 Å². The van der Waals surface area contributed by atoms with E-state index in [2.05, 4.69) is 24.3 Å². The number of hydrogen-bond donors (Lipinski definition) is 0. The van der Waals surface area contributed by atoms with Crippen LogP contribution in [0, 0.1) is 23.7 Å². The zero-order valence-corrected chi connectivity index (χ0v) is 17.5. The van der Waals surface area contributed by atoms with Gasteiger partial charge in [-0.2, -0.15) is 0 Å². The Morgan fingerprint density at radius 3 is 2.37 bits per heavy atom. The summed E-state index contributed by atoms with van der Waals surface area (Å²) in [7, 11) is 0. The first-order valence-electron chi connectivity index (χ1n) is 11.1. The molecular formula is C26H28O4. The highest BCUT2D eigenvalue weighted by atomic mass is 16.6. The van der Waals surface area contributed by atoms with E-state index in [4.69, 9.17) is 9.47 Å². The van der Waals surface area contributed by atoms with Crippen LogP contribution in [0.3, 0.4) is 0 Å². The molecule has 0 aromatic heterocycles. The molecule has 4 nitrogen and oxygen atoms in total. The molecular weight excluding hydrogens is 376 g/mol. The van der Waals surface area contributed by atoms with Crippen LogP contribution in [0.1, 0.15) is 54.1 Å². The Bertz CT molecular complexity index is 951. The van der Waals surface area contributed by atoms with E-state index in [1.165, 1.54) is 11.1 Å². The summed E-state index contributed by atoms with van der Waals surface area (Å²) in [5.41, 5.74) is 3.32. The van der Waals surface area contributed by atoms with Gasteiger partial charge in [0.15, 0.2) is 0 Å². The van der Waals surface area contributed by atoms with Crippen LogP contribution in [0.5, 0.6) is 0 Å². The molecule has 3 aliphatic carbocycles. The van der Waals surface area contributed by atoms with Gasteiger partial charge in [0.25, 0.3) is 0 Å². The van der Waals surface area contributed by atoms with E-state index in [-0.39, 0.29) is 41.9 Å². The molecule has 2 bridgehead atoms. The Hall–Kier alpha value is -2.62. The van der Waals surface area contributed by atoms with E-state index in [1.807, 2.05) is 32.0 Å². The van der Waals surface area contributed by atoms with Gasteiger partial charge >= 0.3 is 11.9 Å². The first-order chi connectivity index (χ1) is 14.5. The summed E-state index contributed by atoms with van der Waals surface area (Å²) in [6, 6.07) is 17.7. The maximum Gasteiger partial charge on any atom is 0.338 e. The molecule has 0 radical (unpaired) electrons. The summed E-state index contributed by atoms with van der Waals surface area (Å²) < 4.78 is 12.1. The Morgan fingerprint density at radius 2 is 1.60 bits per heavy atom. The Balaban J connectivity index is 1.43. The normalized spacial score (nSPS) is 30.8. The number of ether oxygens (including phenoxy) is 2. The fourth-order valence-electron chi connectivity index (χ4n) is 6.07. The molecule has 0 spiro atoms. The molecule has 0 N–H and O–H groups in total. The molecule has 0 saturated heterocycles. The van der Waals surface area contributed by atoms with Crippen LogP contribution in [0.2, 0.25) is 0 Å². The van der Waals surface area contributed by atoms with Crippen LogP contribution < -0.4 is 0 Å². The SMILES string of the molecule is CC(C)CC(=O)OC1C2CC(C1OC(=O)c1ccccc1)C1c3ccccc3CC21. The van der Waals surface area contributed by atoms with Crippen molar-refractivity contribution in [1.29, 1.82) is 0 Å². The second-order valence-corrected chi connectivity index (χ2v) is 9.44. The predicted molar refractivity (Wildman–Crippen MR) is 113 cm³/mol. The first kappa shape index (κ1) is 19.3. The minimum absolute atomic E-state index is 0.185. The fourth-order valence-corrected chi connectivity index (χ4v) is 6.07. The standard InChI is InChI=1S/C26H28O4/c1-15(2)12-22(27)29-24-20-14-21(23-18-11-7-6-10-17(18)13-19(20)23)25(24)30-26(28)16-8-4-3-5-9-16/h3-11,15,19-21,23-25H,12-14H2,1-2H3. The second kappa shape index (κ2) is 7.57. The first-order valence-corrected chi connectivity index (χ1v) is 11.1. The summed E-state index contributed by atoms with van der Waals surface area (Å²) >= 11 is 0. The maximum absolute atomic E-state index is 12.9. The topological polar surface area (TPSA) is 52.6 Å². The van der Waals surface area contributed by atoms with E-state index < -0.39 is 0 Å². The van der Waals surface area contributed by atoms with Crippen molar-refractivity contribution in [2.75, 3.05) is 0 Å². The monoisotopic (exact) mass is 404 g/mol. The van der Waals surface area contributed by atoms with E-state index >= 15 is 0 Å². The zero-order valence-electron chi connectivity index (χ0n) is 17.5. The lowest BCUT2D eigenvalue weighted by atomic mass is 9.76. The van der Waals surface area contributed by atoms with Crippen molar-refractivity contribution in [3.05, 3.63) is 71.3 Å². The van der Waals surface area contributed by atoms with Gasteiger partial charge in [-0.3, -0.25) is 4.79 Å². The number of hydrogen-bond acceptors (Lipinski definition) is 4. The van der Waals surface area contributed by atoms with Crippen molar-refractivity contribution in [3.8, 4) is 0 Å². The molecule has 6 atom stereocenters. The van der Waals surface area contributed by atoms with Crippen LogP contribution in [0.4, 0.5) is 0 Å². The highest BCUT2D eigenvalue weighted by Crippen LogP contribution is 2.62. The summed E-state index contributed by atoms with van der Waals surface area (Å²) in [6.45, 7) is 4.03. The van der Waals surface area contributed by atoms with Crippen molar-refractivity contribution < 1.29 is 19.1 Å². The average Bonchev–Trinajstić information content (AvgIpc) is 3.37. The predicted octanol–water partition coefficient (Wildman–Crippen LogP) is 4.78. The van der Waals surface area contributed by atoms with Gasteiger partial charge in [0, 0.05) is 18.3 Å². The summed E-state index contributed by atoms with van der Waals surface area (Å²) in [6.07, 6.45) is 1.65. The molecule has 0 heterocycles. The Morgan fingerprint density at radius 1 is 0.900 bits per heavy atom. The Labute approximate surface area is 177 Å². The van der Waals surface area contributed by atoms with Crippen LogP contribution in [0.15, 0.2) is 54.6 Å². The van der Waals surface area contributed by atoms with Crippen molar-refractivity contribution >= 4 is 11.9 Å². The van der Waals surface area contributed by atoms with Gasteiger partial charge in [0.1, 0.15) is 12.2 Å². The Kier molecular flexibility index (Phi) is 4.88. The van der Waals surface area contributed by atoms with Gasteiger partial charge in [0.2, 0.25) is 0 Å². The van der Waals surface area contributed by atoms with Crippen LogP contribution in [-0.4, -0.2) is 24.1 Å². The lowest BCUT2D eigenvalue weighted by molar-refractivity contribution is -0.162. The molecule has 6 unspecified atom stereocenters. The van der Waals surface area contributed by atoms with Crippen LogP contribution in [0.25, 0.3) is 0 Å². The van der Waals surface area contributed by atoms with Gasteiger partial charge in [0.05, 0.1) is 5.56 Å². The van der Waals surface area contributed by atoms with E-state index in [0.29, 0.717) is 23.8 Å². The molecule has 0 aliphatic heterocycles. The molecule has 30 heavy (non-hydrogen) atoms. The van der Waals surface area contributed by atoms with Crippen LogP contribution in [-0.2, 0) is 20.7 Å². The largest absolute Gasteiger partial charge is 0.458 e. The molecule has 3 aliphatic rings. The molecule has 2 saturated carbocycles. The fraction of sp³-hybridized carbons (Fsp3) is 0.462. The number of carbonyl (C=O) groups is 2. The zero-order chi connectivity index (χ0) is 20.8. The van der Waals surface area contributed by atoms with Gasteiger partial charge in [-0.1, -0.05) is 56.3 Å². The molecule has 5 rings (SSSR count). The third kappa shape index (κ3) is 3.23. The minimum Gasteiger partial charge on any atom is -0.458 e. The third-order valence-electron chi connectivity index (χ3n) is 7.15. The van der Waals surface area contributed by atoms with Crippen molar-refractivity contribution in [3.63, 3.8) is 0 Å². The maximum atomic E-state index is 12.9. The quantitative estimate of drug-likeness (QED) is 0.673. The lowest BCUT2D eigenvalue weighted by Gasteiger charge is -2.37. The number of esters is 2. The van der Waals surface area contributed by atoms with E-state index in [0.717, 1.165) is 12.8 Å². The number of carbonyl (C=O) groups excluding carboxylic acids is 2. The number of rotatable bonds is 5. The van der Waals surface area contributed by atoms with Gasteiger partial charge < -0.3 is 9.47 Å². The number of benzene rings is 2. The van der Waals surface area contributed by atoms with E-state index in [9.17, 15) is 9.59 Å². The summed E-state index contributed by atoms with van der Waals surface area (Å²) in [5.74, 6) is 1.03. The molecule has 2 fully saturated rings. The van der Waals surface area contributed by atoms with Gasteiger partial charge in [-0.25, -0.2) is 4.79 Å². The third-order valence-corrected chi connectivity index (χ3v) is 7.15. The number of fused-ring (bicyclic) bond motifs is 7. The molecule has 0 amide bonds. The molecule has 4 heteroatoms. The summed E-state index contributed by atoms with van der Waals surface area (Å²) in [5, 5.41) is 0. The highest BCUT2D eigenvalue weighted by molar-refractivity contribution is 5.89. The lowest BCUT2D eigenvalue weighted by Crippen LogP contribution is -2.45. The molecule has 2 aromatic carbocycles. The molecule has 156 valence electrons. The smallest absolute Gasteiger partial charge is 0.338 e. The van der Waals surface area contributed by atoms with Crippen LogP contribution >= 0.6 is 0 Å². The van der Waals surface area contributed by atoms with Crippen molar-refractivity contribution in [2.45, 2.75) is 51.2 Å². The summed E-state index contributed by atoms with van der Waals surface area (Å²) in [4.78, 5) is 25.4. The molecule has 2 aromatic rings. The van der Waals surface area contributed by atoms with Crippen molar-refractivity contribution in [2.24, 2.45) is 23.7 Å². The van der Waals surface area contributed by atoms with Gasteiger partial charge in [-0.15, -0.1) is 0 Å².